The Balaban J connectivity index is 1.83. The molecule has 4 nitrogen and oxygen atoms in total. The van der Waals surface area contributed by atoms with Crippen LogP contribution in [0.4, 0.5) is 5.69 Å². The predicted molar refractivity (Wildman–Crippen MR) is 98.2 cm³/mol. The van der Waals surface area contributed by atoms with Crippen molar-refractivity contribution in [2.75, 3.05) is 18.5 Å². The van der Waals surface area contributed by atoms with E-state index in [-0.39, 0.29) is 18.5 Å². The molecule has 0 fully saturated rings. The molecule has 0 spiro atoms. The molecule has 1 amide bonds. The highest BCUT2D eigenvalue weighted by molar-refractivity contribution is 5.81. The molecule has 4 heteroatoms. The number of amides is 1. The van der Waals surface area contributed by atoms with Crippen molar-refractivity contribution in [1.82, 2.24) is 5.32 Å². The SMILES string of the molecule is C=CCOc1ccc(NCC(=O)NC(CC)c2ccccc2)cc1. The fraction of sp³-hybridized carbons (Fsp3) is 0.250. The molecule has 0 bridgehead atoms. The van der Waals surface area contributed by atoms with Crippen molar-refractivity contribution in [2.24, 2.45) is 0 Å². The van der Waals surface area contributed by atoms with Gasteiger partial charge in [0, 0.05) is 5.69 Å². The van der Waals surface area contributed by atoms with Gasteiger partial charge in [0.2, 0.25) is 5.91 Å². The number of benzene rings is 2. The van der Waals surface area contributed by atoms with E-state index in [9.17, 15) is 4.79 Å². The van der Waals surface area contributed by atoms with Gasteiger partial charge in [-0.25, -0.2) is 0 Å². The minimum atomic E-state index is -0.0299. The molecule has 0 aliphatic rings. The zero-order valence-electron chi connectivity index (χ0n) is 14.0. The van der Waals surface area contributed by atoms with Crippen molar-refractivity contribution in [1.29, 1.82) is 0 Å². The highest BCUT2D eigenvalue weighted by atomic mass is 16.5. The third kappa shape index (κ3) is 5.47. The van der Waals surface area contributed by atoms with E-state index in [0.29, 0.717) is 6.61 Å². The van der Waals surface area contributed by atoms with Crippen LogP contribution in [0, 0.1) is 0 Å². The average molecular weight is 324 g/mol. The van der Waals surface area contributed by atoms with Crippen LogP contribution in [0.25, 0.3) is 0 Å². The third-order valence-electron chi connectivity index (χ3n) is 3.62. The largest absolute Gasteiger partial charge is 0.490 e. The Morgan fingerprint density at radius 3 is 2.50 bits per heavy atom. The number of carbonyl (C=O) groups excluding carboxylic acids is 1. The van der Waals surface area contributed by atoms with Gasteiger partial charge in [-0.2, -0.15) is 0 Å². The van der Waals surface area contributed by atoms with Crippen LogP contribution in [-0.4, -0.2) is 19.1 Å². The normalized spacial score (nSPS) is 11.4. The minimum absolute atomic E-state index is 0.0299. The summed E-state index contributed by atoms with van der Waals surface area (Å²) < 4.78 is 5.43. The lowest BCUT2D eigenvalue weighted by atomic mass is 10.0. The molecule has 2 aromatic carbocycles. The van der Waals surface area contributed by atoms with Crippen LogP contribution in [0.15, 0.2) is 67.3 Å². The summed E-state index contributed by atoms with van der Waals surface area (Å²) in [6.45, 7) is 6.39. The van der Waals surface area contributed by atoms with E-state index in [0.717, 1.165) is 23.4 Å². The summed E-state index contributed by atoms with van der Waals surface area (Å²) in [7, 11) is 0. The second-order valence-corrected chi connectivity index (χ2v) is 5.42. The van der Waals surface area contributed by atoms with Crippen LogP contribution >= 0.6 is 0 Å². The molecular formula is C20H24N2O2. The Kier molecular flexibility index (Phi) is 6.90. The monoisotopic (exact) mass is 324 g/mol. The Morgan fingerprint density at radius 1 is 1.17 bits per heavy atom. The first-order valence-corrected chi connectivity index (χ1v) is 8.15. The zero-order chi connectivity index (χ0) is 17.2. The van der Waals surface area contributed by atoms with Gasteiger partial charge in [-0.15, -0.1) is 0 Å². The zero-order valence-corrected chi connectivity index (χ0v) is 14.0. The fourth-order valence-corrected chi connectivity index (χ4v) is 2.36. The third-order valence-corrected chi connectivity index (χ3v) is 3.62. The lowest BCUT2D eigenvalue weighted by molar-refractivity contribution is -0.120. The Morgan fingerprint density at radius 2 is 1.88 bits per heavy atom. The fourth-order valence-electron chi connectivity index (χ4n) is 2.36. The first-order valence-electron chi connectivity index (χ1n) is 8.15. The van der Waals surface area contributed by atoms with Gasteiger partial charge in [0.25, 0.3) is 0 Å². The number of anilines is 1. The molecule has 0 aromatic heterocycles. The summed E-state index contributed by atoms with van der Waals surface area (Å²) in [5, 5.41) is 6.18. The van der Waals surface area contributed by atoms with Crippen molar-refractivity contribution >= 4 is 11.6 Å². The molecule has 0 saturated carbocycles. The summed E-state index contributed by atoms with van der Waals surface area (Å²) in [6.07, 6.45) is 2.55. The topological polar surface area (TPSA) is 50.4 Å². The molecule has 126 valence electrons. The quantitative estimate of drug-likeness (QED) is 0.687. The average Bonchev–Trinajstić information content (AvgIpc) is 2.64. The van der Waals surface area contributed by atoms with Crippen LogP contribution in [0.3, 0.4) is 0 Å². The molecule has 1 atom stereocenters. The van der Waals surface area contributed by atoms with E-state index in [2.05, 4.69) is 24.1 Å². The van der Waals surface area contributed by atoms with Crippen molar-refractivity contribution in [3.8, 4) is 5.75 Å². The lowest BCUT2D eigenvalue weighted by Gasteiger charge is -2.18. The molecule has 24 heavy (non-hydrogen) atoms. The maximum absolute atomic E-state index is 12.2. The maximum Gasteiger partial charge on any atom is 0.239 e. The number of nitrogens with one attached hydrogen (secondary N) is 2. The Hall–Kier alpha value is -2.75. The smallest absolute Gasteiger partial charge is 0.239 e. The summed E-state index contributed by atoms with van der Waals surface area (Å²) in [5.74, 6) is 0.748. The second-order valence-electron chi connectivity index (χ2n) is 5.42. The standard InChI is InChI=1S/C20H24N2O2/c1-3-14-24-18-12-10-17(11-13-18)21-15-20(23)22-19(4-2)16-8-6-5-7-9-16/h3,5-13,19,21H,1,4,14-15H2,2H3,(H,22,23). The molecule has 0 aliphatic carbocycles. The summed E-state index contributed by atoms with van der Waals surface area (Å²) in [4.78, 5) is 12.2. The van der Waals surface area contributed by atoms with Crippen molar-refractivity contribution in [3.05, 3.63) is 72.8 Å². The van der Waals surface area contributed by atoms with Gasteiger partial charge in [0.15, 0.2) is 0 Å². The molecule has 0 saturated heterocycles. The van der Waals surface area contributed by atoms with Gasteiger partial charge in [-0.05, 0) is 36.2 Å². The first-order chi connectivity index (χ1) is 11.7. The molecule has 2 aromatic rings. The molecule has 0 aliphatic heterocycles. The van der Waals surface area contributed by atoms with E-state index in [4.69, 9.17) is 4.74 Å². The maximum atomic E-state index is 12.2. The summed E-state index contributed by atoms with van der Waals surface area (Å²) in [5.41, 5.74) is 2.00. The predicted octanol–water partition coefficient (Wildman–Crippen LogP) is 3.93. The van der Waals surface area contributed by atoms with E-state index in [1.54, 1.807) is 6.08 Å². The molecular weight excluding hydrogens is 300 g/mol. The van der Waals surface area contributed by atoms with Gasteiger partial charge in [0.1, 0.15) is 12.4 Å². The molecule has 2 rings (SSSR count). The highest BCUT2D eigenvalue weighted by Gasteiger charge is 2.11. The van der Waals surface area contributed by atoms with Crippen molar-refractivity contribution < 1.29 is 9.53 Å². The van der Waals surface area contributed by atoms with E-state index in [1.807, 2.05) is 54.6 Å². The lowest BCUT2D eigenvalue weighted by Crippen LogP contribution is -2.33. The van der Waals surface area contributed by atoms with Gasteiger partial charge in [0.05, 0.1) is 12.6 Å². The van der Waals surface area contributed by atoms with E-state index in [1.165, 1.54) is 0 Å². The molecule has 1 unspecified atom stereocenters. The van der Waals surface area contributed by atoms with Gasteiger partial charge < -0.3 is 15.4 Å². The van der Waals surface area contributed by atoms with Gasteiger partial charge in [-0.3, -0.25) is 4.79 Å². The Bertz CT molecular complexity index is 638. The molecule has 0 radical (unpaired) electrons. The second kappa shape index (κ2) is 9.40. The van der Waals surface area contributed by atoms with Crippen LogP contribution < -0.4 is 15.4 Å². The summed E-state index contributed by atoms with van der Waals surface area (Å²) >= 11 is 0. The highest BCUT2D eigenvalue weighted by Crippen LogP contribution is 2.17. The van der Waals surface area contributed by atoms with Gasteiger partial charge in [-0.1, -0.05) is 49.9 Å². The Labute approximate surface area is 143 Å². The molecule has 0 heterocycles. The minimum Gasteiger partial charge on any atom is -0.490 e. The molecule has 2 N–H and O–H groups in total. The number of carbonyl (C=O) groups is 1. The number of hydrogen-bond acceptors (Lipinski definition) is 3. The number of rotatable bonds is 9. The van der Waals surface area contributed by atoms with Crippen LogP contribution in [0.1, 0.15) is 24.9 Å². The first kappa shape index (κ1) is 17.6. The van der Waals surface area contributed by atoms with Gasteiger partial charge >= 0.3 is 0 Å². The van der Waals surface area contributed by atoms with Crippen LogP contribution in [-0.2, 0) is 4.79 Å². The van der Waals surface area contributed by atoms with Crippen LogP contribution in [0.5, 0.6) is 5.75 Å². The van der Waals surface area contributed by atoms with Crippen molar-refractivity contribution in [3.63, 3.8) is 0 Å². The number of ether oxygens (including phenoxy) is 1. The van der Waals surface area contributed by atoms with E-state index >= 15 is 0 Å². The van der Waals surface area contributed by atoms with Crippen molar-refractivity contribution in [2.45, 2.75) is 19.4 Å². The van der Waals surface area contributed by atoms with Crippen LogP contribution in [0.2, 0.25) is 0 Å². The number of hydrogen-bond donors (Lipinski definition) is 2. The van der Waals surface area contributed by atoms with E-state index < -0.39 is 0 Å². The summed E-state index contributed by atoms with van der Waals surface area (Å²) in [6, 6.07) is 17.5.